The molecule has 1 aromatic carbocycles. The Bertz CT molecular complexity index is 1310. The summed E-state index contributed by atoms with van der Waals surface area (Å²) in [7, 11) is -0.611. The maximum absolute atomic E-state index is 13.8. The Morgan fingerprint density at radius 2 is 1.79 bits per heavy atom. The first-order valence-corrected chi connectivity index (χ1v) is 14.9. The van der Waals surface area contributed by atoms with Crippen molar-refractivity contribution >= 4 is 24.8 Å². The number of aromatic nitrogens is 2. The van der Waals surface area contributed by atoms with Crippen molar-refractivity contribution in [2.45, 2.75) is 84.5 Å². The van der Waals surface area contributed by atoms with Crippen molar-refractivity contribution in [3.05, 3.63) is 59.7 Å². The van der Waals surface area contributed by atoms with Gasteiger partial charge in [-0.15, -0.1) is 0 Å². The van der Waals surface area contributed by atoms with Gasteiger partial charge in [-0.25, -0.2) is 4.98 Å². The predicted octanol–water partition coefficient (Wildman–Crippen LogP) is 3.11. The van der Waals surface area contributed by atoms with Crippen molar-refractivity contribution in [3.8, 4) is 0 Å². The Labute approximate surface area is 248 Å². The van der Waals surface area contributed by atoms with E-state index in [4.69, 9.17) is 9.31 Å². The largest absolute Gasteiger partial charge is 0.481 e. The van der Waals surface area contributed by atoms with Crippen LogP contribution in [0.5, 0.6) is 0 Å². The molecule has 4 fully saturated rings. The van der Waals surface area contributed by atoms with Gasteiger partial charge in [0, 0.05) is 24.5 Å². The van der Waals surface area contributed by atoms with Gasteiger partial charge in [0.15, 0.2) is 0 Å². The minimum atomic E-state index is -1.07. The fraction of sp³-hybridized carbons (Fsp3) is 0.581. The molecule has 10 nitrogen and oxygen atoms in total. The average Bonchev–Trinajstić information content (AvgIpc) is 3.32. The molecule has 11 heteroatoms. The van der Waals surface area contributed by atoms with Crippen LogP contribution in [0.15, 0.2) is 42.9 Å². The number of aryl methyl sites for hydroxylation is 1. The molecule has 4 aliphatic rings. The molecule has 3 amide bonds. The Morgan fingerprint density at radius 1 is 1.05 bits per heavy atom. The molecule has 3 N–H and O–H groups in total. The van der Waals surface area contributed by atoms with Gasteiger partial charge < -0.3 is 25.3 Å². The molecule has 0 radical (unpaired) electrons. The lowest BCUT2D eigenvalue weighted by Crippen LogP contribution is -2.65. The molecular weight excluding hydrogens is 533 g/mol. The third-order valence-corrected chi connectivity index (χ3v) is 9.55. The molecule has 2 aromatic rings. The lowest BCUT2D eigenvalue weighted by molar-refractivity contribution is -0.199. The molecule has 1 aliphatic heterocycles. The van der Waals surface area contributed by atoms with Gasteiger partial charge in [-0.05, 0) is 68.4 Å². The molecule has 3 saturated carbocycles. The van der Waals surface area contributed by atoms with E-state index in [-0.39, 0.29) is 35.6 Å². The second-order valence-electron chi connectivity index (χ2n) is 13.3. The SMILES string of the molecule is Cc1ccc(C(=O)NC[C@H](NC(=O)c2cnccn2)C(=O)N[C@@H](CC(C)C)B2O[C@@H]3C[C@@H]4C[C@@H](C4(C)C)[C@]3(C)O2)cc1. The number of benzene rings is 1. The van der Waals surface area contributed by atoms with Crippen molar-refractivity contribution in [3.63, 3.8) is 0 Å². The molecule has 6 rings (SSSR count). The highest BCUT2D eigenvalue weighted by molar-refractivity contribution is 6.48. The minimum Gasteiger partial charge on any atom is -0.404 e. The molecule has 3 aliphatic carbocycles. The summed E-state index contributed by atoms with van der Waals surface area (Å²) in [5, 5.41) is 8.63. The van der Waals surface area contributed by atoms with Crippen molar-refractivity contribution in [2.24, 2.45) is 23.2 Å². The van der Waals surface area contributed by atoms with Crippen LogP contribution < -0.4 is 16.0 Å². The molecule has 0 unspecified atom stereocenters. The van der Waals surface area contributed by atoms with E-state index in [0.29, 0.717) is 23.8 Å². The maximum Gasteiger partial charge on any atom is 0.481 e. The van der Waals surface area contributed by atoms with Gasteiger partial charge in [-0.3, -0.25) is 19.4 Å². The Hall–Kier alpha value is -3.31. The summed E-state index contributed by atoms with van der Waals surface area (Å²) in [6, 6.07) is 6.05. The first-order valence-electron chi connectivity index (χ1n) is 14.9. The van der Waals surface area contributed by atoms with Gasteiger partial charge in [-0.2, -0.15) is 0 Å². The standard InChI is InChI=1S/C31H42BN5O5/c1-18(2)13-26(32-41-25-15-21-14-24(30(21,4)5)31(25,6)42-32)37-29(40)23(36-28(39)22-16-33-11-12-34-22)17-35-27(38)20-9-7-19(3)8-10-20/h7-12,16,18,21,23-26H,13-15,17H2,1-6H3,(H,35,38)(H,36,39)(H,37,40)/t21-,23-,24-,25+,26-,31-/m0/s1. The summed E-state index contributed by atoms with van der Waals surface area (Å²) in [5.41, 5.74) is 1.35. The van der Waals surface area contributed by atoms with E-state index >= 15 is 0 Å². The third kappa shape index (κ3) is 5.94. The van der Waals surface area contributed by atoms with E-state index in [1.54, 1.807) is 12.1 Å². The fourth-order valence-electron chi connectivity index (χ4n) is 6.96. The highest BCUT2D eigenvalue weighted by Gasteiger charge is 2.68. The molecule has 1 saturated heterocycles. The van der Waals surface area contributed by atoms with E-state index in [9.17, 15) is 14.4 Å². The summed E-state index contributed by atoms with van der Waals surface area (Å²) in [4.78, 5) is 47.6. The van der Waals surface area contributed by atoms with E-state index in [1.807, 2.05) is 19.1 Å². The average molecular weight is 576 g/mol. The lowest BCUT2D eigenvalue weighted by atomic mass is 9.43. The number of carbonyl (C=O) groups is 3. The van der Waals surface area contributed by atoms with Gasteiger partial charge >= 0.3 is 7.12 Å². The number of carbonyl (C=O) groups excluding carboxylic acids is 3. The predicted molar refractivity (Wildman–Crippen MR) is 158 cm³/mol. The van der Waals surface area contributed by atoms with Gasteiger partial charge in [0.2, 0.25) is 5.91 Å². The maximum atomic E-state index is 13.8. The van der Waals surface area contributed by atoms with Crippen LogP contribution in [0.2, 0.25) is 0 Å². The second kappa shape index (κ2) is 11.8. The summed E-state index contributed by atoms with van der Waals surface area (Å²) in [6.07, 6.45) is 6.87. The van der Waals surface area contributed by atoms with Crippen LogP contribution in [-0.4, -0.2) is 65.0 Å². The van der Waals surface area contributed by atoms with Crippen LogP contribution in [0.3, 0.4) is 0 Å². The van der Waals surface area contributed by atoms with Gasteiger partial charge in [0.1, 0.15) is 11.7 Å². The van der Waals surface area contributed by atoms with Crippen LogP contribution in [0.1, 0.15) is 80.3 Å². The van der Waals surface area contributed by atoms with Gasteiger partial charge in [-0.1, -0.05) is 45.4 Å². The first-order chi connectivity index (χ1) is 19.9. The summed E-state index contributed by atoms with van der Waals surface area (Å²) >= 11 is 0. The van der Waals surface area contributed by atoms with Crippen molar-refractivity contribution in [1.29, 1.82) is 0 Å². The molecule has 6 atom stereocenters. The van der Waals surface area contributed by atoms with E-state index in [0.717, 1.165) is 18.4 Å². The topological polar surface area (TPSA) is 132 Å². The second-order valence-corrected chi connectivity index (χ2v) is 13.3. The molecule has 2 bridgehead atoms. The quantitative estimate of drug-likeness (QED) is 0.371. The number of rotatable bonds is 10. The zero-order valence-electron chi connectivity index (χ0n) is 25.3. The van der Waals surface area contributed by atoms with Crippen LogP contribution in [0.4, 0.5) is 0 Å². The summed E-state index contributed by atoms with van der Waals surface area (Å²) in [5.74, 6) is -0.549. The smallest absolute Gasteiger partial charge is 0.404 e. The van der Waals surface area contributed by atoms with E-state index in [1.165, 1.54) is 18.6 Å². The minimum absolute atomic E-state index is 0.0215. The number of nitrogens with one attached hydrogen (secondary N) is 3. The fourth-order valence-corrected chi connectivity index (χ4v) is 6.96. The first kappa shape index (κ1) is 30.2. The molecular formula is C31H42BN5O5. The Morgan fingerprint density at radius 3 is 2.43 bits per heavy atom. The highest BCUT2D eigenvalue weighted by Crippen LogP contribution is 2.65. The van der Waals surface area contributed by atoms with Gasteiger partial charge in [0.25, 0.3) is 11.8 Å². The zero-order valence-corrected chi connectivity index (χ0v) is 25.3. The molecule has 2 heterocycles. The van der Waals surface area contributed by atoms with Crippen LogP contribution >= 0.6 is 0 Å². The van der Waals surface area contributed by atoms with Crippen LogP contribution in [-0.2, 0) is 14.1 Å². The monoisotopic (exact) mass is 575 g/mol. The third-order valence-electron chi connectivity index (χ3n) is 9.55. The van der Waals surface area contributed by atoms with Crippen molar-refractivity contribution in [1.82, 2.24) is 25.9 Å². The van der Waals surface area contributed by atoms with Crippen LogP contribution in [0, 0.1) is 30.1 Å². The molecule has 1 aromatic heterocycles. The van der Waals surface area contributed by atoms with Crippen LogP contribution in [0.25, 0.3) is 0 Å². The van der Waals surface area contributed by atoms with Gasteiger partial charge in [0.05, 0.1) is 23.8 Å². The number of hydrogen-bond acceptors (Lipinski definition) is 7. The van der Waals surface area contributed by atoms with Crippen molar-refractivity contribution < 1.29 is 23.7 Å². The Kier molecular flexibility index (Phi) is 8.45. The summed E-state index contributed by atoms with van der Waals surface area (Å²) < 4.78 is 13.2. The Balaban J connectivity index is 1.31. The van der Waals surface area contributed by atoms with E-state index in [2.05, 4.69) is 60.5 Å². The number of hydrogen-bond donors (Lipinski definition) is 3. The zero-order chi connectivity index (χ0) is 30.2. The number of amides is 3. The highest BCUT2D eigenvalue weighted by atomic mass is 16.7. The van der Waals surface area contributed by atoms with Crippen molar-refractivity contribution in [2.75, 3.05) is 6.54 Å². The summed E-state index contributed by atoms with van der Waals surface area (Å²) in [6.45, 7) is 12.8. The molecule has 224 valence electrons. The lowest BCUT2D eigenvalue weighted by Gasteiger charge is -2.64. The molecule has 42 heavy (non-hydrogen) atoms. The number of nitrogens with zero attached hydrogens (tertiary/aromatic N) is 2. The molecule has 0 spiro atoms. The van der Waals surface area contributed by atoms with E-state index < -0.39 is 36.5 Å². The normalized spacial score (nSPS) is 26.9.